The number of hydrogen-bond acceptors (Lipinski definition) is 3. The largest absolute Gasteiger partial charge is 0.207 e. The Balaban J connectivity index is 2.37. The van der Waals surface area contributed by atoms with Crippen molar-refractivity contribution < 1.29 is 8.78 Å². The van der Waals surface area contributed by atoms with Gasteiger partial charge in [0.15, 0.2) is 0 Å². The molecule has 0 unspecified atom stereocenters. The summed E-state index contributed by atoms with van der Waals surface area (Å²) in [6.07, 6.45) is 0.0731. The lowest BCUT2D eigenvalue weighted by Crippen LogP contribution is -1.97. The molecule has 1 aromatic carbocycles. The van der Waals surface area contributed by atoms with Crippen molar-refractivity contribution in [1.29, 1.82) is 0 Å². The van der Waals surface area contributed by atoms with E-state index in [4.69, 9.17) is 11.6 Å². The Morgan fingerprint density at radius 2 is 2.06 bits per heavy atom. The molecule has 0 spiro atoms. The molecule has 16 heavy (non-hydrogen) atoms. The van der Waals surface area contributed by atoms with E-state index in [9.17, 15) is 8.78 Å². The molecular weight excluding hydrogens is 254 g/mol. The maximum Gasteiger partial charge on any atom is 0.148 e. The molecule has 0 fully saturated rings. The Hall–Kier alpha value is -1.07. The van der Waals surface area contributed by atoms with Crippen LogP contribution in [0.15, 0.2) is 12.1 Å². The zero-order valence-electron chi connectivity index (χ0n) is 8.30. The number of halogens is 3. The van der Waals surface area contributed by atoms with Crippen LogP contribution in [0.2, 0.25) is 5.02 Å². The molecule has 1 heterocycles. The molecular formula is C10H7ClF2N2S. The van der Waals surface area contributed by atoms with Gasteiger partial charge in [0.1, 0.15) is 21.6 Å². The van der Waals surface area contributed by atoms with E-state index in [0.29, 0.717) is 5.01 Å². The standard InChI is InChI=1S/C10H7ClF2N2S/c1-5-14-15-9(16-5)4-6-8(12)3-2-7(11)10(6)13/h2-3H,4H2,1H3. The smallest absolute Gasteiger partial charge is 0.148 e. The molecule has 84 valence electrons. The third-order valence-electron chi connectivity index (χ3n) is 2.03. The second kappa shape index (κ2) is 4.43. The number of nitrogens with zero attached hydrogens (tertiary/aromatic N) is 2. The van der Waals surface area contributed by atoms with Crippen LogP contribution in [0.4, 0.5) is 8.78 Å². The van der Waals surface area contributed by atoms with Gasteiger partial charge in [-0.2, -0.15) is 0 Å². The maximum atomic E-state index is 13.5. The second-order valence-electron chi connectivity index (χ2n) is 3.21. The highest BCUT2D eigenvalue weighted by molar-refractivity contribution is 7.11. The van der Waals surface area contributed by atoms with E-state index in [1.165, 1.54) is 17.4 Å². The summed E-state index contributed by atoms with van der Waals surface area (Å²) >= 11 is 6.89. The summed E-state index contributed by atoms with van der Waals surface area (Å²) in [5.74, 6) is -1.34. The van der Waals surface area contributed by atoms with Gasteiger partial charge in [-0.15, -0.1) is 21.5 Å². The van der Waals surface area contributed by atoms with Crippen LogP contribution in [0.3, 0.4) is 0 Å². The van der Waals surface area contributed by atoms with E-state index in [0.717, 1.165) is 11.1 Å². The van der Waals surface area contributed by atoms with Crippen molar-refractivity contribution in [3.63, 3.8) is 0 Å². The second-order valence-corrected chi connectivity index (χ2v) is 4.89. The van der Waals surface area contributed by atoms with Crippen LogP contribution in [0, 0.1) is 18.6 Å². The fourth-order valence-corrected chi connectivity index (χ4v) is 2.19. The molecule has 0 bridgehead atoms. The number of hydrogen-bond donors (Lipinski definition) is 0. The van der Waals surface area contributed by atoms with Gasteiger partial charge in [-0.25, -0.2) is 8.78 Å². The summed E-state index contributed by atoms with van der Waals surface area (Å²) in [5.41, 5.74) is -0.0661. The predicted octanol–water partition coefficient (Wildman–Crippen LogP) is 3.37. The lowest BCUT2D eigenvalue weighted by Gasteiger charge is -2.03. The van der Waals surface area contributed by atoms with Gasteiger partial charge in [0.05, 0.1) is 5.02 Å². The Morgan fingerprint density at radius 1 is 1.31 bits per heavy atom. The monoisotopic (exact) mass is 260 g/mol. The molecule has 0 amide bonds. The van der Waals surface area contributed by atoms with Gasteiger partial charge in [-0.3, -0.25) is 0 Å². The molecule has 2 aromatic rings. The van der Waals surface area contributed by atoms with Gasteiger partial charge in [0.2, 0.25) is 0 Å². The number of benzene rings is 1. The van der Waals surface area contributed by atoms with Gasteiger partial charge in [-0.1, -0.05) is 11.6 Å². The summed E-state index contributed by atoms with van der Waals surface area (Å²) in [6.45, 7) is 1.78. The topological polar surface area (TPSA) is 25.8 Å². The Bertz CT molecular complexity index is 528. The Labute approximate surface area is 99.9 Å². The zero-order valence-corrected chi connectivity index (χ0v) is 9.87. The van der Waals surface area contributed by atoms with E-state index in [1.54, 1.807) is 6.92 Å². The molecule has 0 N–H and O–H groups in total. The molecule has 0 atom stereocenters. The summed E-state index contributed by atoms with van der Waals surface area (Å²) < 4.78 is 26.9. The summed E-state index contributed by atoms with van der Waals surface area (Å²) in [5, 5.41) is 8.84. The normalized spacial score (nSPS) is 10.8. The quantitative estimate of drug-likeness (QED) is 0.774. The first-order valence-corrected chi connectivity index (χ1v) is 5.68. The Morgan fingerprint density at radius 3 is 2.69 bits per heavy atom. The van der Waals surface area contributed by atoms with Crippen LogP contribution in [-0.4, -0.2) is 10.2 Å². The first kappa shape index (κ1) is 11.4. The van der Waals surface area contributed by atoms with Gasteiger partial charge >= 0.3 is 0 Å². The highest BCUT2D eigenvalue weighted by Gasteiger charge is 2.14. The highest BCUT2D eigenvalue weighted by Crippen LogP contribution is 2.24. The fourth-order valence-electron chi connectivity index (χ4n) is 1.29. The van der Waals surface area contributed by atoms with Crippen molar-refractivity contribution in [2.75, 3.05) is 0 Å². The van der Waals surface area contributed by atoms with Gasteiger partial charge in [0.25, 0.3) is 0 Å². The third-order valence-corrected chi connectivity index (χ3v) is 3.17. The molecule has 2 rings (SSSR count). The van der Waals surface area contributed by atoms with Crippen LogP contribution in [-0.2, 0) is 6.42 Å². The van der Waals surface area contributed by atoms with Crippen LogP contribution in [0.1, 0.15) is 15.6 Å². The van der Waals surface area contributed by atoms with E-state index >= 15 is 0 Å². The maximum absolute atomic E-state index is 13.5. The third kappa shape index (κ3) is 2.20. The van der Waals surface area contributed by atoms with E-state index in [1.807, 2.05) is 0 Å². The average Bonchev–Trinajstić information content (AvgIpc) is 2.65. The highest BCUT2D eigenvalue weighted by atomic mass is 35.5. The molecule has 0 saturated heterocycles. The van der Waals surface area contributed by atoms with Crippen molar-refractivity contribution in [3.05, 3.63) is 44.4 Å². The molecule has 0 aliphatic heterocycles. The van der Waals surface area contributed by atoms with E-state index < -0.39 is 11.6 Å². The minimum Gasteiger partial charge on any atom is -0.207 e. The molecule has 1 aromatic heterocycles. The van der Waals surface area contributed by atoms with Crippen LogP contribution in [0.5, 0.6) is 0 Å². The molecule has 0 radical (unpaired) electrons. The first-order valence-electron chi connectivity index (χ1n) is 4.49. The minimum absolute atomic E-state index is 0.0661. The number of aryl methyl sites for hydroxylation is 1. The van der Waals surface area contributed by atoms with E-state index in [-0.39, 0.29) is 17.0 Å². The summed E-state index contributed by atoms with van der Waals surface area (Å²) in [4.78, 5) is 0. The van der Waals surface area contributed by atoms with Crippen molar-refractivity contribution in [2.45, 2.75) is 13.3 Å². The van der Waals surface area contributed by atoms with Crippen LogP contribution in [0.25, 0.3) is 0 Å². The van der Waals surface area contributed by atoms with Gasteiger partial charge in [0, 0.05) is 12.0 Å². The molecule has 6 heteroatoms. The first-order chi connectivity index (χ1) is 7.58. The number of aromatic nitrogens is 2. The zero-order chi connectivity index (χ0) is 11.7. The predicted molar refractivity (Wildman–Crippen MR) is 58.8 cm³/mol. The van der Waals surface area contributed by atoms with Crippen molar-refractivity contribution in [1.82, 2.24) is 10.2 Å². The molecule has 0 aliphatic carbocycles. The summed E-state index contributed by atoms with van der Waals surface area (Å²) in [7, 11) is 0. The minimum atomic E-state index is -0.727. The van der Waals surface area contributed by atoms with Crippen LogP contribution < -0.4 is 0 Å². The molecule has 2 nitrogen and oxygen atoms in total. The lowest BCUT2D eigenvalue weighted by molar-refractivity contribution is 0.561. The fraction of sp³-hybridized carbons (Fsp3) is 0.200. The van der Waals surface area contributed by atoms with Crippen LogP contribution >= 0.6 is 22.9 Å². The van der Waals surface area contributed by atoms with Crippen molar-refractivity contribution >= 4 is 22.9 Å². The number of rotatable bonds is 2. The van der Waals surface area contributed by atoms with E-state index in [2.05, 4.69) is 10.2 Å². The molecule has 0 aliphatic rings. The summed E-state index contributed by atoms with van der Waals surface area (Å²) in [6, 6.07) is 2.34. The van der Waals surface area contributed by atoms with Gasteiger partial charge in [-0.05, 0) is 19.1 Å². The SMILES string of the molecule is Cc1nnc(Cc2c(F)ccc(Cl)c2F)s1. The average molecular weight is 261 g/mol. The molecule has 0 saturated carbocycles. The van der Waals surface area contributed by atoms with Crippen molar-refractivity contribution in [3.8, 4) is 0 Å². The van der Waals surface area contributed by atoms with Gasteiger partial charge < -0.3 is 0 Å². The van der Waals surface area contributed by atoms with Crippen molar-refractivity contribution in [2.24, 2.45) is 0 Å². The Kier molecular flexibility index (Phi) is 3.16. The lowest BCUT2D eigenvalue weighted by atomic mass is 10.1.